The maximum atomic E-state index is 12.3. The highest BCUT2D eigenvalue weighted by molar-refractivity contribution is 9.10. The average molecular weight is 471 g/mol. The molecule has 0 unspecified atom stereocenters. The zero-order valence-electron chi connectivity index (χ0n) is 15.4. The lowest BCUT2D eigenvalue weighted by Crippen LogP contribution is -2.34. The van der Waals surface area contributed by atoms with Crippen molar-refractivity contribution in [1.82, 2.24) is 5.32 Å². The van der Waals surface area contributed by atoms with Crippen LogP contribution in [0.3, 0.4) is 0 Å². The van der Waals surface area contributed by atoms with Gasteiger partial charge in [-0.15, -0.1) is 0 Å². The number of ether oxygens (including phenoxy) is 2. The normalized spacial score (nSPS) is 10.1. The molecule has 0 spiro atoms. The first-order valence-corrected chi connectivity index (χ1v) is 10.1. The number of halogens is 1. The van der Waals surface area contributed by atoms with Crippen molar-refractivity contribution < 1.29 is 14.3 Å². The third kappa shape index (κ3) is 6.89. The third-order valence-electron chi connectivity index (χ3n) is 3.77. The smallest absolute Gasteiger partial charge is 0.257 e. The summed E-state index contributed by atoms with van der Waals surface area (Å²) in [6, 6.07) is 24.0. The van der Waals surface area contributed by atoms with E-state index in [1.165, 1.54) is 0 Å². The van der Waals surface area contributed by atoms with Crippen molar-refractivity contribution in [2.45, 2.75) is 0 Å². The number of thiocarbonyl (C=S) groups is 1. The lowest BCUT2D eigenvalue weighted by atomic mass is 10.2. The van der Waals surface area contributed by atoms with E-state index in [9.17, 15) is 4.79 Å². The molecule has 0 atom stereocenters. The summed E-state index contributed by atoms with van der Waals surface area (Å²) in [4.78, 5) is 12.3. The number of hydrogen-bond donors (Lipinski definition) is 2. The number of rotatable bonds is 7. The first-order valence-electron chi connectivity index (χ1n) is 8.89. The van der Waals surface area contributed by atoms with E-state index in [1.54, 1.807) is 24.3 Å². The zero-order chi connectivity index (χ0) is 20.5. The van der Waals surface area contributed by atoms with E-state index in [-0.39, 0.29) is 11.0 Å². The van der Waals surface area contributed by atoms with Crippen LogP contribution in [0.25, 0.3) is 0 Å². The summed E-state index contributed by atoms with van der Waals surface area (Å²) in [5, 5.41) is 5.86. The van der Waals surface area contributed by atoms with Gasteiger partial charge in [0.1, 0.15) is 24.7 Å². The van der Waals surface area contributed by atoms with Gasteiger partial charge in [-0.25, -0.2) is 0 Å². The van der Waals surface area contributed by atoms with Crippen LogP contribution in [0.1, 0.15) is 10.4 Å². The van der Waals surface area contributed by atoms with Crippen molar-refractivity contribution >= 4 is 44.9 Å². The van der Waals surface area contributed by atoms with E-state index in [0.717, 1.165) is 10.2 Å². The molecule has 0 saturated carbocycles. The van der Waals surface area contributed by atoms with Crippen LogP contribution >= 0.6 is 28.1 Å². The molecule has 3 aromatic carbocycles. The SMILES string of the molecule is O=C(NC(=S)Nc1cccc(OCCOc2ccccc2)c1)c1cccc(Br)c1. The molecule has 0 aliphatic heterocycles. The van der Waals surface area contributed by atoms with Gasteiger partial charge in [0.2, 0.25) is 0 Å². The topological polar surface area (TPSA) is 59.6 Å². The molecular formula is C22H19BrN2O3S. The quantitative estimate of drug-likeness (QED) is 0.374. The number of carbonyl (C=O) groups excluding carboxylic acids is 1. The molecule has 5 nitrogen and oxygen atoms in total. The maximum absolute atomic E-state index is 12.3. The monoisotopic (exact) mass is 470 g/mol. The van der Waals surface area contributed by atoms with E-state index >= 15 is 0 Å². The molecule has 0 fully saturated rings. The lowest BCUT2D eigenvalue weighted by Gasteiger charge is -2.12. The minimum absolute atomic E-state index is 0.208. The zero-order valence-corrected chi connectivity index (χ0v) is 17.8. The standard InChI is InChI=1S/C22H19BrN2O3S/c23-17-7-4-6-16(14-17)21(26)25-22(29)24-18-8-5-11-20(15-18)28-13-12-27-19-9-2-1-3-10-19/h1-11,14-15H,12-13H2,(H2,24,25,26,29). The molecule has 3 rings (SSSR count). The van der Waals surface area contributed by atoms with Gasteiger partial charge >= 0.3 is 0 Å². The highest BCUT2D eigenvalue weighted by Crippen LogP contribution is 2.18. The molecule has 29 heavy (non-hydrogen) atoms. The van der Waals surface area contributed by atoms with Crippen LogP contribution in [0.2, 0.25) is 0 Å². The first-order chi connectivity index (χ1) is 14.1. The van der Waals surface area contributed by atoms with Crippen LogP contribution in [0, 0.1) is 0 Å². The molecule has 0 aromatic heterocycles. The van der Waals surface area contributed by atoms with E-state index in [1.807, 2.05) is 54.6 Å². The summed E-state index contributed by atoms with van der Waals surface area (Å²) in [5.41, 5.74) is 1.23. The molecular weight excluding hydrogens is 452 g/mol. The molecule has 2 N–H and O–H groups in total. The minimum Gasteiger partial charge on any atom is -0.490 e. The molecule has 1 amide bonds. The van der Waals surface area contributed by atoms with Gasteiger partial charge in [-0.2, -0.15) is 0 Å². The van der Waals surface area contributed by atoms with Crippen molar-refractivity contribution in [3.05, 3.63) is 88.9 Å². The summed E-state index contributed by atoms with van der Waals surface area (Å²) in [7, 11) is 0. The van der Waals surface area contributed by atoms with Crippen LogP contribution in [0.4, 0.5) is 5.69 Å². The van der Waals surface area contributed by atoms with E-state index in [0.29, 0.717) is 30.2 Å². The van der Waals surface area contributed by atoms with Gasteiger partial charge in [0, 0.05) is 21.8 Å². The Kier molecular flexibility index (Phi) is 7.61. The van der Waals surface area contributed by atoms with Gasteiger partial charge in [0.25, 0.3) is 5.91 Å². The van der Waals surface area contributed by atoms with E-state index in [2.05, 4.69) is 26.6 Å². The molecule has 3 aromatic rings. The number of hydrogen-bond acceptors (Lipinski definition) is 4. The Morgan fingerprint density at radius 3 is 2.31 bits per heavy atom. The maximum Gasteiger partial charge on any atom is 0.257 e. The molecule has 0 heterocycles. The summed E-state index contributed by atoms with van der Waals surface area (Å²) in [5.74, 6) is 1.19. The summed E-state index contributed by atoms with van der Waals surface area (Å²) < 4.78 is 12.1. The van der Waals surface area contributed by atoms with Crippen LogP contribution in [-0.4, -0.2) is 24.2 Å². The van der Waals surface area contributed by atoms with Gasteiger partial charge < -0.3 is 14.8 Å². The molecule has 7 heteroatoms. The van der Waals surface area contributed by atoms with Gasteiger partial charge in [-0.05, 0) is 54.7 Å². The number of para-hydroxylation sites is 1. The number of benzene rings is 3. The molecule has 0 radical (unpaired) electrons. The van der Waals surface area contributed by atoms with E-state index in [4.69, 9.17) is 21.7 Å². The van der Waals surface area contributed by atoms with Gasteiger partial charge in [-0.1, -0.05) is 46.3 Å². The van der Waals surface area contributed by atoms with Crippen LogP contribution in [0.15, 0.2) is 83.3 Å². The van der Waals surface area contributed by atoms with Gasteiger partial charge in [-0.3, -0.25) is 10.1 Å². The highest BCUT2D eigenvalue weighted by atomic mass is 79.9. The number of nitrogens with one attached hydrogen (secondary N) is 2. The Morgan fingerprint density at radius 1 is 0.862 bits per heavy atom. The van der Waals surface area contributed by atoms with Crippen molar-refractivity contribution in [2.75, 3.05) is 18.5 Å². The highest BCUT2D eigenvalue weighted by Gasteiger charge is 2.08. The van der Waals surface area contributed by atoms with Crippen molar-refractivity contribution in [3.8, 4) is 11.5 Å². The number of anilines is 1. The fourth-order valence-corrected chi connectivity index (χ4v) is 3.08. The molecule has 148 valence electrons. The fourth-order valence-electron chi connectivity index (χ4n) is 2.47. The Morgan fingerprint density at radius 2 is 1.55 bits per heavy atom. The van der Waals surface area contributed by atoms with E-state index < -0.39 is 0 Å². The third-order valence-corrected chi connectivity index (χ3v) is 4.47. The van der Waals surface area contributed by atoms with Crippen LogP contribution in [-0.2, 0) is 0 Å². The van der Waals surface area contributed by atoms with Crippen molar-refractivity contribution in [1.29, 1.82) is 0 Å². The number of amides is 1. The largest absolute Gasteiger partial charge is 0.490 e. The fraction of sp³-hybridized carbons (Fsp3) is 0.0909. The predicted molar refractivity (Wildman–Crippen MR) is 122 cm³/mol. The molecule has 0 aliphatic rings. The van der Waals surface area contributed by atoms with Crippen molar-refractivity contribution in [3.63, 3.8) is 0 Å². The Bertz CT molecular complexity index is 983. The van der Waals surface area contributed by atoms with Crippen LogP contribution in [0.5, 0.6) is 11.5 Å². The first kappa shape index (κ1) is 20.8. The Hall–Kier alpha value is -2.90. The summed E-state index contributed by atoms with van der Waals surface area (Å²) >= 11 is 8.58. The second kappa shape index (κ2) is 10.6. The molecule has 0 saturated heterocycles. The van der Waals surface area contributed by atoms with Crippen molar-refractivity contribution in [2.24, 2.45) is 0 Å². The second-order valence-corrected chi connectivity index (χ2v) is 7.28. The number of carbonyl (C=O) groups is 1. The minimum atomic E-state index is -0.283. The lowest BCUT2D eigenvalue weighted by molar-refractivity contribution is 0.0977. The van der Waals surface area contributed by atoms with Crippen LogP contribution < -0.4 is 20.1 Å². The molecule has 0 aliphatic carbocycles. The van der Waals surface area contributed by atoms with Gasteiger partial charge in [0.05, 0.1) is 0 Å². The Labute approximate surface area is 183 Å². The average Bonchev–Trinajstić information content (AvgIpc) is 2.72. The summed E-state index contributed by atoms with van der Waals surface area (Å²) in [6.07, 6.45) is 0. The Balaban J connectivity index is 1.47. The second-order valence-electron chi connectivity index (χ2n) is 5.96. The summed E-state index contributed by atoms with van der Waals surface area (Å²) in [6.45, 7) is 0.838. The molecule has 0 bridgehead atoms. The van der Waals surface area contributed by atoms with Gasteiger partial charge in [0.15, 0.2) is 5.11 Å². The predicted octanol–water partition coefficient (Wildman–Crippen LogP) is 5.03.